The van der Waals surface area contributed by atoms with Gasteiger partial charge in [-0.25, -0.2) is 4.98 Å². The van der Waals surface area contributed by atoms with Gasteiger partial charge >= 0.3 is 0 Å². The molecule has 3 heterocycles. The summed E-state index contributed by atoms with van der Waals surface area (Å²) < 4.78 is 1.59. The van der Waals surface area contributed by atoms with Crippen molar-refractivity contribution in [3.8, 4) is 0 Å². The summed E-state index contributed by atoms with van der Waals surface area (Å²) in [5.41, 5.74) is 8.44. The van der Waals surface area contributed by atoms with Gasteiger partial charge in [0, 0.05) is 37.9 Å². The Labute approximate surface area is 123 Å². The minimum atomic E-state index is -0.0211. The van der Waals surface area contributed by atoms with Crippen molar-refractivity contribution in [2.45, 2.75) is 25.9 Å². The molecule has 1 fully saturated rings. The number of pyridine rings is 1. The summed E-state index contributed by atoms with van der Waals surface area (Å²) in [5.74, 6) is 0. The third kappa shape index (κ3) is 3.00. The van der Waals surface area contributed by atoms with Crippen molar-refractivity contribution in [1.82, 2.24) is 14.3 Å². The topological polar surface area (TPSA) is 63.6 Å². The van der Waals surface area contributed by atoms with Crippen LogP contribution in [0, 0.1) is 6.92 Å². The Balaban J connectivity index is 0.00000147. The number of nitrogens with two attached hydrogens (primary N) is 1. The fraction of sp³-hybridized carbons (Fsp3) is 0.429. The number of hydrogen-bond donors (Lipinski definition) is 1. The molecule has 6 heteroatoms. The van der Waals surface area contributed by atoms with Crippen LogP contribution in [0.25, 0.3) is 5.65 Å². The first-order valence-electron chi connectivity index (χ1n) is 6.59. The molecule has 3 rings (SSSR count). The van der Waals surface area contributed by atoms with Crippen LogP contribution in [-0.4, -0.2) is 33.4 Å². The molecule has 5 nitrogen and oxygen atoms in total. The van der Waals surface area contributed by atoms with Crippen LogP contribution in [0.4, 0.5) is 0 Å². The summed E-state index contributed by atoms with van der Waals surface area (Å²) in [6.07, 6.45) is 2.84. The Morgan fingerprint density at radius 2 is 2.25 bits per heavy atom. The quantitative estimate of drug-likeness (QED) is 0.896. The zero-order valence-electron chi connectivity index (χ0n) is 11.5. The molecule has 0 radical (unpaired) electrons. The molecule has 20 heavy (non-hydrogen) atoms. The zero-order valence-corrected chi connectivity index (χ0v) is 12.3. The van der Waals surface area contributed by atoms with Crippen molar-refractivity contribution >= 4 is 18.1 Å². The minimum Gasteiger partial charge on any atom is -0.326 e. The van der Waals surface area contributed by atoms with E-state index < -0.39 is 0 Å². The lowest BCUT2D eigenvalue weighted by Gasteiger charge is -2.14. The molecule has 108 valence electrons. The largest absolute Gasteiger partial charge is 0.326 e. The Kier molecular flexibility index (Phi) is 4.42. The van der Waals surface area contributed by atoms with Crippen molar-refractivity contribution in [2.24, 2.45) is 5.73 Å². The number of halogens is 1. The molecular weight excluding hydrogens is 276 g/mol. The average Bonchev–Trinajstić information content (AvgIpc) is 2.76. The maximum atomic E-state index is 12.1. The van der Waals surface area contributed by atoms with Crippen LogP contribution in [0.1, 0.15) is 17.7 Å². The number of likely N-dealkylation sites (tertiary alicyclic amines) is 1. The highest BCUT2D eigenvalue weighted by molar-refractivity contribution is 5.85. The third-order valence-corrected chi connectivity index (χ3v) is 3.55. The Morgan fingerprint density at radius 1 is 1.45 bits per heavy atom. The predicted octanol–water partition coefficient (Wildman–Crippen LogP) is 0.958. The van der Waals surface area contributed by atoms with Gasteiger partial charge in [0.1, 0.15) is 5.65 Å². The Morgan fingerprint density at radius 3 is 2.95 bits per heavy atom. The third-order valence-electron chi connectivity index (χ3n) is 3.55. The van der Waals surface area contributed by atoms with E-state index in [2.05, 4.69) is 9.88 Å². The van der Waals surface area contributed by atoms with E-state index in [1.807, 2.05) is 25.3 Å². The molecule has 0 bridgehead atoms. The molecule has 2 aromatic heterocycles. The summed E-state index contributed by atoms with van der Waals surface area (Å²) in [7, 11) is 0. The highest BCUT2D eigenvalue weighted by atomic mass is 35.5. The molecule has 2 N–H and O–H groups in total. The lowest BCUT2D eigenvalue weighted by atomic mass is 10.3. The standard InChI is InChI=1S/C14H18N4O.ClH/c1-10-2-3-13-16-12(6-14(19)18(13)7-10)9-17-5-4-11(15)8-17;/h2-3,6-7,11H,4-5,8-9,15H2,1H3;1H. The summed E-state index contributed by atoms with van der Waals surface area (Å²) in [6.45, 7) is 4.53. The molecule has 1 saturated heterocycles. The van der Waals surface area contributed by atoms with E-state index >= 15 is 0 Å². The van der Waals surface area contributed by atoms with E-state index in [0.29, 0.717) is 12.2 Å². The minimum absolute atomic E-state index is 0. The molecule has 1 aliphatic rings. The van der Waals surface area contributed by atoms with Gasteiger partial charge in [-0.2, -0.15) is 0 Å². The fourth-order valence-electron chi connectivity index (χ4n) is 2.57. The second-order valence-electron chi connectivity index (χ2n) is 5.30. The molecule has 1 atom stereocenters. The van der Waals surface area contributed by atoms with Crippen LogP contribution in [0.2, 0.25) is 0 Å². The van der Waals surface area contributed by atoms with Crippen molar-refractivity contribution in [2.75, 3.05) is 13.1 Å². The van der Waals surface area contributed by atoms with Gasteiger partial charge in [-0.05, 0) is 25.0 Å². The van der Waals surface area contributed by atoms with Gasteiger partial charge in [0.2, 0.25) is 0 Å². The van der Waals surface area contributed by atoms with Gasteiger partial charge in [0.25, 0.3) is 5.56 Å². The predicted molar refractivity (Wildman–Crippen MR) is 81.3 cm³/mol. The molecule has 0 aliphatic carbocycles. The van der Waals surface area contributed by atoms with Crippen LogP contribution in [0.15, 0.2) is 29.2 Å². The molecule has 0 saturated carbocycles. The van der Waals surface area contributed by atoms with Gasteiger partial charge in [-0.3, -0.25) is 14.1 Å². The lowest BCUT2D eigenvalue weighted by molar-refractivity contribution is 0.323. The van der Waals surface area contributed by atoms with Crippen LogP contribution in [-0.2, 0) is 6.54 Å². The maximum absolute atomic E-state index is 12.1. The first-order chi connectivity index (χ1) is 9.11. The van der Waals surface area contributed by atoms with Crippen LogP contribution < -0.4 is 11.3 Å². The van der Waals surface area contributed by atoms with E-state index in [0.717, 1.165) is 30.8 Å². The van der Waals surface area contributed by atoms with E-state index in [4.69, 9.17) is 5.73 Å². The molecule has 1 aliphatic heterocycles. The molecule has 0 amide bonds. The first kappa shape index (κ1) is 15.0. The van der Waals surface area contributed by atoms with Gasteiger partial charge in [-0.1, -0.05) is 6.07 Å². The summed E-state index contributed by atoms with van der Waals surface area (Å²) in [5, 5.41) is 0. The van der Waals surface area contributed by atoms with E-state index in [1.54, 1.807) is 10.5 Å². The Bertz CT molecular complexity index is 670. The number of nitrogens with zero attached hydrogens (tertiary/aromatic N) is 3. The fourth-order valence-corrected chi connectivity index (χ4v) is 2.57. The average molecular weight is 295 g/mol. The molecule has 0 spiro atoms. The smallest absolute Gasteiger partial charge is 0.258 e. The van der Waals surface area contributed by atoms with Crippen LogP contribution in [0.5, 0.6) is 0 Å². The summed E-state index contributed by atoms with van der Waals surface area (Å²) in [4.78, 5) is 18.9. The second-order valence-corrected chi connectivity index (χ2v) is 5.30. The van der Waals surface area contributed by atoms with Crippen LogP contribution in [0.3, 0.4) is 0 Å². The van der Waals surface area contributed by atoms with Crippen molar-refractivity contribution in [3.05, 3.63) is 46.0 Å². The highest BCUT2D eigenvalue weighted by Crippen LogP contribution is 2.11. The summed E-state index contributed by atoms with van der Waals surface area (Å²) >= 11 is 0. The number of aromatic nitrogens is 2. The molecule has 0 aromatic carbocycles. The maximum Gasteiger partial charge on any atom is 0.258 e. The van der Waals surface area contributed by atoms with E-state index in [9.17, 15) is 4.79 Å². The normalized spacial score (nSPS) is 19.2. The SMILES string of the molecule is Cc1ccc2nc(CN3CCC(N)C3)cc(=O)n2c1.Cl. The number of rotatable bonds is 2. The monoisotopic (exact) mass is 294 g/mol. The van der Waals surface area contributed by atoms with Gasteiger partial charge in [0.05, 0.1) is 5.69 Å². The van der Waals surface area contributed by atoms with Crippen molar-refractivity contribution in [1.29, 1.82) is 0 Å². The number of fused-ring (bicyclic) bond motifs is 1. The first-order valence-corrected chi connectivity index (χ1v) is 6.59. The van der Waals surface area contributed by atoms with E-state index in [1.165, 1.54) is 0 Å². The van der Waals surface area contributed by atoms with Gasteiger partial charge < -0.3 is 5.73 Å². The second kappa shape index (κ2) is 5.91. The lowest BCUT2D eigenvalue weighted by Crippen LogP contribution is -2.27. The highest BCUT2D eigenvalue weighted by Gasteiger charge is 2.19. The van der Waals surface area contributed by atoms with E-state index in [-0.39, 0.29) is 24.0 Å². The molecule has 2 aromatic rings. The molecular formula is C14H19ClN4O. The zero-order chi connectivity index (χ0) is 13.4. The van der Waals surface area contributed by atoms with Crippen molar-refractivity contribution in [3.63, 3.8) is 0 Å². The van der Waals surface area contributed by atoms with Gasteiger partial charge in [-0.15, -0.1) is 12.4 Å². The van der Waals surface area contributed by atoms with Gasteiger partial charge in [0.15, 0.2) is 0 Å². The molecule has 1 unspecified atom stereocenters. The van der Waals surface area contributed by atoms with Crippen LogP contribution >= 0.6 is 12.4 Å². The summed E-state index contributed by atoms with van der Waals surface area (Å²) in [6, 6.07) is 5.73. The Hall–Kier alpha value is -1.43. The van der Waals surface area contributed by atoms with Crippen molar-refractivity contribution < 1.29 is 0 Å². The number of aryl methyl sites for hydroxylation is 1. The number of hydrogen-bond acceptors (Lipinski definition) is 4.